The van der Waals surface area contributed by atoms with Gasteiger partial charge in [-0.3, -0.25) is 4.68 Å². The Morgan fingerprint density at radius 3 is 2.81 bits per heavy atom. The first kappa shape index (κ1) is 13.2. The van der Waals surface area contributed by atoms with E-state index in [1.165, 1.54) is 18.4 Å². The molecule has 1 atom stereocenters. The maximum atomic E-state index is 4.34. The molecule has 0 aromatic carbocycles. The lowest BCUT2D eigenvalue weighted by atomic mass is 10.1. The third kappa shape index (κ3) is 4.35. The van der Waals surface area contributed by atoms with Gasteiger partial charge in [-0.2, -0.15) is 5.10 Å². The minimum absolute atomic E-state index is 0.792. The van der Waals surface area contributed by atoms with Gasteiger partial charge in [-0.05, 0) is 44.3 Å². The van der Waals surface area contributed by atoms with Crippen molar-refractivity contribution in [1.82, 2.24) is 15.1 Å². The van der Waals surface area contributed by atoms with E-state index >= 15 is 0 Å². The van der Waals surface area contributed by atoms with E-state index in [0.29, 0.717) is 0 Å². The fourth-order valence-corrected chi connectivity index (χ4v) is 2.06. The Hall–Kier alpha value is -0.830. The summed E-state index contributed by atoms with van der Waals surface area (Å²) in [7, 11) is 1.98. The molecule has 1 aromatic rings. The summed E-state index contributed by atoms with van der Waals surface area (Å²) >= 11 is 0. The summed E-state index contributed by atoms with van der Waals surface area (Å²) in [6, 6.07) is 0. The van der Waals surface area contributed by atoms with E-state index in [1.807, 2.05) is 11.7 Å². The molecule has 0 amide bonds. The van der Waals surface area contributed by atoms with Crippen LogP contribution in [0.5, 0.6) is 0 Å². The quantitative estimate of drug-likeness (QED) is 0.719. The third-order valence-corrected chi connectivity index (χ3v) is 2.96. The van der Waals surface area contributed by atoms with Gasteiger partial charge in [0, 0.05) is 13.2 Å². The highest BCUT2D eigenvalue weighted by molar-refractivity contribution is 5.15. The van der Waals surface area contributed by atoms with E-state index in [9.17, 15) is 0 Å². The van der Waals surface area contributed by atoms with Crippen LogP contribution in [-0.2, 0) is 13.5 Å². The SMILES string of the molecule is CCCC(C)CNCCc1cn(C)nc1C. The van der Waals surface area contributed by atoms with Crippen LogP contribution in [0.1, 0.15) is 37.9 Å². The second kappa shape index (κ2) is 6.69. The summed E-state index contributed by atoms with van der Waals surface area (Å²) in [5.74, 6) is 0.792. The zero-order valence-corrected chi connectivity index (χ0v) is 11.1. The highest BCUT2D eigenvalue weighted by Gasteiger charge is 2.03. The van der Waals surface area contributed by atoms with Crippen molar-refractivity contribution >= 4 is 0 Å². The molecular weight excluding hydrogens is 198 g/mol. The number of aryl methyl sites for hydroxylation is 2. The molecule has 0 saturated carbocycles. The molecule has 1 rings (SSSR count). The standard InChI is InChI=1S/C13H25N3/c1-5-6-11(2)9-14-8-7-13-10-16(4)15-12(13)3/h10-11,14H,5-9H2,1-4H3. The Bertz CT molecular complexity index is 304. The minimum Gasteiger partial charge on any atom is -0.316 e. The van der Waals surface area contributed by atoms with Crippen LogP contribution in [0, 0.1) is 12.8 Å². The number of hydrogen-bond acceptors (Lipinski definition) is 2. The van der Waals surface area contributed by atoms with Crippen LogP contribution in [0.3, 0.4) is 0 Å². The van der Waals surface area contributed by atoms with E-state index in [-0.39, 0.29) is 0 Å². The summed E-state index contributed by atoms with van der Waals surface area (Å²) < 4.78 is 1.89. The number of nitrogens with one attached hydrogen (secondary N) is 1. The molecule has 0 fully saturated rings. The zero-order chi connectivity index (χ0) is 12.0. The lowest BCUT2D eigenvalue weighted by molar-refractivity contribution is 0.478. The molecule has 3 nitrogen and oxygen atoms in total. The van der Waals surface area contributed by atoms with E-state index in [1.54, 1.807) is 0 Å². The number of hydrogen-bond donors (Lipinski definition) is 1. The topological polar surface area (TPSA) is 29.9 Å². The van der Waals surface area contributed by atoms with Gasteiger partial charge in [-0.1, -0.05) is 20.3 Å². The van der Waals surface area contributed by atoms with Crippen LogP contribution in [-0.4, -0.2) is 22.9 Å². The highest BCUT2D eigenvalue weighted by Crippen LogP contribution is 2.05. The van der Waals surface area contributed by atoms with Gasteiger partial charge in [0.2, 0.25) is 0 Å². The normalized spacial score (nSPS) is 13.0. The van der Waals surface area contributed by atoms with Crippen molar-refractivity contribution in [3.05, 3.63) is 17.5 Å². The molecule has 0 radical (unpaired) electrons. The number of nitrogens with zero attached hydrogens (tertiary/aromatic N) is 2. The Morgan fingerprint density at radius 1 is 1.50 bits per heavy atom. The molecule has 0 aliphatic heterocycles. The van der Waals surface area contributed by atoms with E-state index < -0.39 is 0 Å². The van der Waals surface area contributed by atoms with Crippen LogP contribution in [0.2, 0.25) is 0 Å². The van der Waals surface area contributed by atoms with Crippen LogP contribution in [0.25, 0.3) is 0 Å². The predicted molar refractivity (Wildman–Crippen MR) is 68.6 cm³/mol. The summed E-state index contributed by atoms with van der Waals surface area (Å²) in [5, 5.41) is 7.86. The Balaban J connectivity index is 2.18. The second-order valence-electron chi connectivity index (χ2n) is 4.76. The Morgan fingerprint density at radius 2 is 2.25 bits per heavy atom. The predicted octanol–water partition coefficient (Wildman–Crippen LogP) is 2.30. The molecule has 0 aliphatic carbocycles. The minimum atomic E-state index is 0.792. The Kier molecular flexibility index (Phi) is 5.53. The first-order valence-electron chi connectivity index (χ1n) is 6.33. The average molecular weight is 223 g/mol. The van der Waals surface area contributed by atoms with E-state index in [2.05, 4.69) is 37.4 Å². The summed E-state index contributed by atoms with van der Waals surface area (Å²) in [6.45, 7) is 8.82. The van der Waals surface area contributed by atoms with Gasteiger partial charge in [-0.15, -0.1) is 0 Å². The smallest absolute Gasteiger partial charge is 0.0626 e. The lowest BCUT2D eigenvalue weighted by Gasteiger charge is -2.10. The average Bonchev–Trinajstić information content (AvgIpc) is 2.53. The van der Waals surface area contributed by atoms with Gasteiger partial charge in [0.1, 0.15) is 0 Å². The van der Waals surface area contributed by atoms with Gasteiger partial charge in [0.05, 0.1) is 5.69 Å². The van der Waals surface area contributed by atoms with Gasteiger partial charge in [0.15, 0.2) is 0 Å². The zero-order valence-electron chi connectivity index (χ0n) is 11.1. The van der Waals surface area contributed by atoms with Crippen molar-refractivity contribution in [2.24, 2.45) is 13.0 Å². The first-order valence-corrected chi connectivity index (χ1v) is 6.33. The van der Waals surface area contributed by atoms with Gasteiger partial charge < -0.3 is 5.32 Å². The van der Waals surface area contributed by atoms with E-state index in [4.69, 9.17) is 0 Å². The lowest BCUT2D eigenvalue weighted by Crippen LogP contribution is -2.23. The molecule has 0 aliphatic rings. The maximum Gasteiger partial charge on any atom is 0.0626 e. The van der Waals surface area contributed by atoms with Crippen molar-refractivity contribution in [1.29, 1.82) is 0 Å². The molecule has 16 heavy (non-hydrogen) atoms. The second-order valence-corrected chi connectivity index (χ2v) is 4.76. The van der Waals surface area contributed by atoms with Crippen LogP contribution < -0.4 is 5.32 Å². The van der Waals surface area contributed by atoms with Crippen LogP contribution in [0.15, 0.2) is 6.20 Å². The summed E-state index contributed by atoms with van der Waals surface area (Å²) in [4.78, 5) is 0. The van der Waals surface area contributed by atoms with Crippen molar-refractivity contribution in [2.75, 3.05) is 13.1 Å². The highest BCUT2D eigenvalue weighted by atomic mass is 15.2. The fourth-order valence-electron chi connectivity index (χ4n) is 2.06. The Labute approximate surface area is 99.2 Å². The molecule has 1 heterocycles. The molecule has 1 aromatic heterocycles. The van der Waals surface area contributed by atoms with Crippen LogP contribution >= 0.6 is 0 Å². The largest absolute Gasteiger partial charge is 0.316 e. The molecule has 0 spiro atoms. The van der Waals surface area contributed by atoms with Gasteiger partial charge in [0.25, 0.3) is 0 Å². The molecule has 1 unspecified atom stereocenters. The van der Waals surface area contributed by atoms with Crippen molar-refractivity contribution in [3.8, 4) is 0 Å². The molecule has 1 N–H and O–H groups in total. The maximum absolute atomic E-state index is 4.34. The van der Waals surface area contributed by atoms with Gasteiger partial charge >= 0.3 is 0 Å². The number of aromatic nitrogens is 2. The third-order valence-electron chi connectivity index (χ3n) is 2.96. The fraction of sp³-hybridized carbons (Fsp3) is 0.769. The van der Waals surface area contributed by atoms with Crippen molar-refractivity contribution in [3.63, 3.8) is 0 Å². The molecule has 92 valence electrons. The van der Waals surface area contributed by atoms with Gasteiger partial charge in [-0.25, -0.2) is 0 Å². The summed E-state index contributed by atoms with van der Waals surface area (Å²) in [6.07, 6.45) is 5.80. The molecule has 0 saturated heterocycles. The van der Waals surface area contributed by atoms with Crippen molar-refractivity contribution in [2.45, 2.75) is 40.0 Å². The number of rotatable bonds is 7. The van der Waals surface area contributed by atoms with Crippen LogP contribution in [0.4, 0.5) is 0 Å². The molecule has 3 heteroatoms. The van der Waals surface area contributed by atoms with E-state index in [0.717, 1.165) is 31.1 Å². The molecular formula is C13H25N3. The monoisotopic (exact) mass is 223 g/mol. The molecule has 0 bridgehead atoms. The van der Waals surface area contributed by atoms with Crippen molar-refractivity contribution < 1.29 is 0 Å². The summed E-state index contributed by atoms with van der Waals surface area (Å²) in [5.41, 5.74) is 2.52. The first-order chi connectivity index (χ1) is 7.63.